The van der Waals surface area contributed by atoms with Gasteiger partial charge in [0.2, 0.25) is 0 Å². The van der Waals surface area contributed by atoms with Crippen molar-refractivity contribution in [1.29, 1.82) is 0 Å². The first-order valence-corrected chi connectivity index (χ1v) is 7.14. The molecule has 2 aliphatic heterocycles. The van der Waals surface area contributed by atoms with Crippen LogP contribution in [0, 0.1) is 0 Å². The quantitative estimate of drug-likeness (QED) is 0.909. The number of para-hydroxylation sites is 1. The van der Waals surface area contributed by atoms with E-state index in [1.165, 1.54) is 4.90 Å². The summed E-state index contributed by atoms with van der Waals surface area (Å²) in [5, 5.41) is 0. The number of amides is 2. The molecule has 1 fully saturated rings. The highest BCUT2D eigenvalue weighted by molar-refractivity contribution is 6.06. The number of nitrogens with two attached hydrogens (primary N) is 1. The third-order valence-corrected chi connectivity index (χ3v) is 3.96. The van der Waals surface area contributed by atoms with Crippen LogP contribution in [0.25, 0.3) is 0 Å². The zero-order valence-electron chi connectivity index (χ0n) is 12.2. The number of rotatable bonds is 3. The molecule has 2 N–H and O–H groups in total. The average Bonchev–Trinajstić information content (AvgIpc) is 2.95. The minimum atomic E-state index is -0.604. The average molecular weight is 289 g/mol. The molecular formula is C15H19N3O3. The molecule has 2 amide bonds. The van der Waals surface area contributed by atoms with Gasteiger partial charge in [-0.1, -0.05) is 18.2 Å². The second-order valence-corrected chi connectivity index (χ2v) is 5.66. The van der Waals surface area contributed by atoms with E-state index in [1.807, 2.05) is 38.1 Å². The number of ether oxygens (including phenoxy) is 1. The zero-order valence-corrected chi connectivity index (χ0v) is 12.2. The number of nitrogens with zero attached hydrogens (tertiary/aromatic N) is 2. The molecule has 0 aliphatic carbocycles. The Morgan fingerprint density at radius 2 is 2.05 bits per heavy atom. The third-order valence-electron chi connectivity index (χ3n) is 3.96. The van der Waals surface area contributed by atoms with Crippen molar-refractivity contribution in [3.8, 4) is 0 Å². The minimum absolute atomic E-state index is 0.0348. The van der Waals surface area contributed by atoms with Gasteiger partial charge < -0.3 is 15.4 Å². The Bertz CT molecular complexity index is 587. The summed E-state index contributed by atoms with van der Waals surface area (Å²) in [7, 11) is 0. The lowest BCUT2D eigenvalue weighted by Crippen LogP contribution is -2.41. The van der Waals surface area contributed by atoms with Gasteiger partial charge in [-0.05, 0) is 19.9 Å². The molecule has 2 atom stereocenters. The molecule has 0 bridgehead atoms. The topological polar surface area (TPSA) is 75.9 Å². The third kappa shape index (κ3) is 2.06. The SMILES string of the molecule is CC(C)N1C(=O)[C@H](N2CC(CN)OC2=O)c2ccccc21. The first-order valence-electron chi connectivity index (χ1n) is 7.14. The fraction of sp³-hybridized carbons (Fsp3) is 0.467. The Labute approximate surface area is 123 Å². The zero-order chi connectivity index (χ0) is 15.1. The number of anilines is 1. The lowest BCUT2D eigenvalue weighted by molar-refractivity contribution is -0.122. The number of benzene rings is 1. The van der Waals surface area contributed by atoms with E-state index in [4.69, 9.17) is 10.5 Å². The van der Waals surface area contributed by atoms with Crippen molar-refractivity contribution < 1.29 is 14.3 Å². The highest BCUT2D eigenvalue weighted by Crippen LogP contribution is 2.41. The molecule has 112 valence electrons. The van der Waals surface area contributed by atoms with Gasteiger partial charge in [0.05, 0.1) is 6.54 Å². The highest BCUT2D eigenvalue weighted by Gasteiger charge is 2.47. The summed E-state index contributed by atoms with van der Waals surface area (Å²) in [5.74, 6) is -0.0826. The Hall–Kier alpha value is -2.08. The highest BCUT2D eigenvalue weighted by atomic mass is 16.6. The van der Waals surface area contributed by atoms with Crippen LogP contribution in [-0.4, -0.2) is 42.1 Å². The number of carbonyl (C=O) groups is 2. The van der Waals surface area contributed by atoms with Gasteiger partial charge in [-0.3, -0.25) is 9.69 Å². The van der Waals surface area contributed by atoms with Crippen molar-refractivity contribution >= 4 is 17.7 Å². The summed E-state index contributed by atoms with van der Waals surface area (Å²) < 4.78 is 5.19. The van der Waals surface area contributed by atoms with E-state index < -0.39 is 12.1 Å². The summed E-state index contributed by atoms with van der Waals surface area (Å²) in [5.41, 5.74) is 7.28. The Morgan fingerprint density at radius 1 is 1.33 bits per heavy atom. The van der Waals surface area contributed by atoms with E-state index in [0.717, 1.165) is 11.3 Å². The van der Waals surface area contributed by atoms with Crippen molar-refractivity contribution in [2.75, 3.05) is 18.0 Å². The number of carbonyl (C=O) groups excluding carboxylic acids is 2. The van der Waals surface area contributed by atoms with Gasteiger partial charge in [0.15, 0.2) is 0 Å². The second-order valence-electron chi connectivity index (χ2n) is 5.66. The lowest BCUT2D eigenvalue weighted by Gasteiger charge is -2.24. The van der Waals surface area contributed by atoms with Gasteiger partial charge in [-0.15, -0.1) is 0 Å². The predicted molar refractivity (Wildman–Crippen MR) is 77.8 cm³/mol. The summed E-state index contributed by atoms with van der Waals surface area (Å²) in [4.78, 5) is 28.0. The first-order chi connectivity index (χ1) is 10.0. The summed E-state index contributed by atoms with van der Waals surface area (Å²) >= 11 is 0. The van der Waals surface area contributed by atoms with Crippen molar-refractivity contribution in [2.45, 2.75) is 32.0 Å². The molecule has 21 heavy (non-hydrogen) atoms. The number of hydrogen-bond acceptors (Lipinski definition) is 4. The molecular weight excluding hydrogens is 270 g/mol. The lowest BCUT2D eigenvalue weighted by atomic mass is 10.1. The largest absolute Gasteiger partial charge is 0.443 e. The molecule has 2 heterocycles. The molecule has 6 heteroatoms. The predicted octanol–water partition coefficient (Wildman–Crippen LogP) is 1.26. The summed E-state index contributed by atoms with van der Waals surface area (Å²) in [6.45, 7) is 4.54. The maximum atomic E-state index is 12.8. The maximum absolute atomic E-state index is 12.8. The Morgan fingerprint density at radius 3 is 2.67 bits per heavy atom. The Balaban J connectivity index is 2.00. The summed E-state index contributed by atoms with van der Waals surface area (Å²) in [6.07, 6.45) is -0.810. The van der Waals surface area contributed by atoms with Crippen LogP contribution in [0.4, 0.5) is 10.5 Å². The molecule has 1 saturated heterocycles. The van der Waals surface area contributed by atoms with Gasteiger partial charge in [0.1, 0.15) is 12.1 Å². The van der Waals surface area contributed by atoms with Crippen LogP contribution in [0.2, 0.25) is 0 Å². The molecule has 0 radical (unpaired) electrons. The molecule has 1 unspecified atom stereocenters. The molecule has 0 saturated carbocycles. The molecule has 1 aromatic carbocycles. The van der Waals surface area contributed by atoms with Crippen LogP contribution in [-0.2, 0) is 9.53 Å². The Kier molecular flexibility index (Phi) is 3.33. The van der Waals surface area contributed by atoms with Crippen molar-refractivity contribution in [1.82, 2.24) is 4.90 Å². The van der Waals surface area contributed by atoms with Crippen LogP contribution >= 0.6 is 0 Å². The fourth-order valence-corrected chi connectivity index (χ4v) is 3.03. The normalized spacial score (nSPS) is 24.8. The van der Waals surface area contributed by atoms with Crippen LogP contribution in [0.15, 0.2) is 24.3 Å². The van der Waals surface area contributed by atoms with E-state index >= 15 is 0 Å². The van der Waals surface area contributed by atoms with Crippen LogP contribution in [0.5, 0.6) is 0 Å². The van der Waals surface area contributed by atoms with E-state index in [9.17, 15) is 9.59 Å². The monoisotopic (exact) mass is 289 g/mol. The maximum Gasteiger partial charge on any atom is 0.411 e. The van der Waals surface area contributed by atoms with E-state index in [1.54, 1.807) is 4.90 Å². The van der Waals surface area contributed by atoms with Crippen LogP contribution in [0.1, 0.15) is 25.5 Å². The van der Waals surface area contributed by atoms with Gasteiger partial charge in [0, 0.05) is 23.8 Å². The molecule has 3 rings (SSSR count). The van der Waals surface area contributed by atoms with Gasteiger partial charge in [-0.25, -0.2) is 4.79 Å². The van der Waals surface area contributed by atoms with Crippen molar-refractivity contribution in [3.05, 3.63) is 29.8 Å². The first kappa shape index (κ1) is 13.9. The summed E-state index contributed by atoms with van der Waals surface area (Å²) in [6, 6.07) is 7.01. The van der Waals surface area contributed by atoms with E-state index in [0.29, 0.717) is 6.54 Å². The van der Waals surface area contributed by atoms with Gasteiger partial charge in [0.25, 0.3) is 5.91 Å². The number of hydrogen-bond donors (Lipinski definition) is 1. The van der Waals surface area contributed by atoms with Crippen LogP contribution < -0.4 is 10.6 Å². The molecule has 0 aromatic heterocycles. The minimum Gasteiger partial charge on any atom is -0.443 e. The molecule has 2 aliphatic rings. The molecule has 0 spiro atoms. The second kappa shape index (κ2) is 5.04. The number of cyclic esters (lactones) is 1. The molecule has 6 nitrogen and oxygen atoms in total. The number of fused-ring (bicyclic) bond motifs is 1. The molecule has 1 aromatic rings. The van der Waals surface area contributed by atoms with E-state index in [2.05, 4.69) is 0 Å². The van der Waals surface area contributed by atoms with Crippen molar-refractivity contribution in [3.63, 3.8) is 0 Å². The van der Waals surface area contributed by atoms with E-state index in [-0.39, 0.29) is 24.6 Å². The van der Waals surface area contributed by atoms with Crippen LogP contribution in [0.3, 0.4) is 0 Å². The van der Waals surface area contributed by atoms with Crippen molar-refractivity contribution in [2.24, 2.45) is 5.73 Å². The van der Waals surface area contributed by atoms with Gasteiger partial charge >= 0.3 is 6.09 Å². The fourth-order valence-electron chi connectivity index (χ4n) is 3.03. The van der Waals surface area contributed by atoms with Gasteiger partial charge in [-0.2, -0.15) is 0 Å². The standard InChI is InChI=1S/C15H19N3O3/c1-9(2)18-12-6-4-3-5-11(12)13(14(18)19)17-8-10(7-16)21-15(17)20/h3-6,9-10,13H,7-8,16H2,1-2H3/t10?,13-/m1/s1. The smallest absolute Gasteiger partial charge is 0.411 e.